The number of hydrogen-bond acceptors (Lipinski definition) is 1. The van der Waals surface area contributed by atoms with Crippen molar-refractivity contribution in [1.82, 2.24) is 0 Å². The molecule has 0 N–H and O–H groups in total. The van der Waals surface area contributed by atoms with Crippen molar-refractivity contribution in [2.75, 3.05) is 0 Å². The van der Waals surface area contributed by atoms with Crippen LogP contribution in [0.1, 0.15) is 112 Å². The number of benzene rings is 1. The maximum absolute atomic E-state index is 2.47. The summed E-state index contributed by atoms with van der Waals surface area (Å²) in [6, 6.07) is 10.9. The van der Waals surface area contributed by atoms with E-state index in [9.17, 15) is 0 Å². The van der Waals surface area contributed by atoms with Gasteiger partial charge in [0.2, 0.25) is 0 Å². The van der Waals surface area contributed by atoms with Crippen molar-refractivity contribution in [2.24, 2.45) is 11.8 Å². The van der Waals surface area contributed by atoms with E-state index in [1.807, 2.05) is 11.8 Å². The van der Waals surface area contributed by atoms with Crippen LogP contribution in [0, 0.1) is 11.8 Å². The molecule has 0 saturated heterocycles. The minimum Gasteiger partial charge on any atom is -0.120 e. The highest BCUT2D eigenvalue weighted by Gasteiger charge is 2.18. The first-order chi connectivity index (χ1) is 12.9. The van der Waals surface area contributed by atoms with Gasteiger partial charge in [-0.05, 0) is 30.4 Å². The molecular weight excluding hydrogens is 344 g/mol. The van der Waals surface area contributed by atoms with Crippen LogP contribution < -0.4 is 0 Å². The molecule has 1 heteroatoms. The molecule has 27 heavy (non-hydrogen) atoms. The van der Waals surface area contributed by atoms with Gasteiger partial charge in [0, 0.05) is 9.64 Å². The van der Waals surface area contributed by atoms with Gasteiger partial charge in [-0.15, -0.1) is 11.8 Å². The predicted molar refractivity (Wildman–Crippen MR) is 126 cm³/mol. The van der Waals surface area contributed by atoms with Gasteiger partial charge in [0.1, 0.15) is 0 Å². The number of thioether (sulfide) groups is 1. The van der Waals surface area contributed by atoms with Gasteiger partial charge in [0.15, 0.2) is 0 Å². The summed E-state index contributed by atoms with van der Waals surface area (Å²) in [6.45, 7) is 11.9. The molecule has 1 unspecified atom stereocenters. The van der Waals surface area contributed by atoms with Gasteiger partial charge >= 0.3 is 0 Å². The third kappa shape index (κ3) is 14.3. The fourth-order valence-electron chi connectivity index (χ4n) is 3.80. The summed E-state index contributed by atoms with van der Waals surface area (Å²) in [5.41, 5.74) is 0. The fraction of sp³-hybridized carbons (Fsp3) is 0.769. The van der Waals surface area contributed by atoms with E-state index in [4.69, 9.17) is 0 Å². The zero-order valence-electron chi connectivity index (χ0n) is 18.9. The van der Waals surface area contributed by atoms with Gasteiger partial charge in [-0.25, -0.2) is 0 Å². The van der Waals surface area contributed by atoms with E-state index >= 15 is 0 Å². The van der Waals surface area contributed by atoms with E-state index in [0.29, 0.717) is 4.75 Å². The monoisotopic (exact) mass is 390 g/mol. The Morgan fingerprint density at radius 1 is 0.704 bits per heavy atom. The molecule has 0 spiro atoms. The first-order valence-electron chi connectivity index (χ1n) is 11.6. The van der Waals surface area contributed by atoms with Crippen molar-refractivity contribution >= 4 is 11.8 Å². The van der Waals surface area contributed by atoms with Crippen LogP contribution >= 0.6 is 11.8 Å². The lowest BCUT2D eigenvalue weighted by molar-refractivity contribution is 0.426. The van der Waals surface area contributed by atoms with Gasteiger partial charge < -0.3 is 0 Å². The van der Waals surface area contributed by atoms with E-state index in [-0.39, 0.29) is 0 Å². The molecule has 0 amide bonds. The lowest BCUT2D eigenvalue weighted by Gasteiger charge is -2.24. The Bertz CT molecular complexity index is 449. The molecule has 0 radical (unpaired) electrons. The smallest absolute Gasteiger partial charge is 0.0150 e. The molecule has 0 saturated carbocycles. The molecule has 1 rings (SSSR count). The second kappa shape index (κ2) is 14.6. The van der Waals surface area contributed by atoms with E-state index < -0.39 is 0 Å². The molecule has 1 aromatic rings. The van der Waals surface area contributed by atoms with E-state index in [2.05, 4.69) is 65.0 Å². The van der Waals surface area contributed by atoms with Gasteiger partial charge in [-0.2, -0.15) is 0 Å². The summed E-state index contributed by atoms with van der Waals surface area (Å²) < 4.78 is 0.350. The number of hydrogen-bond donors (Lipinski definition) is 0. The lowest BCUT2D eigenvalue weighted by Crippen LogP contribution is -2.14. The Morgan fingerprint density at radius 2 is 1.22 bits per heavy atom. The van der Waals surface area contributed by atoms with Crippen LogP contribution in [0.15, 0.2) is 35.2 Å². The van der Waals surface area contributed by atoms with Gasteiger partial charge in [-0.1, -0.05) is 123 Å². The predicted octanol–water partition coefficient (Wildman–Crippen LogP) is 9.53. The number of unbranched alkanes of at least 4 members (excludes halogenated alkanes) is 6. The lowest BCUT2D eigenvalue weighted by atomic mass is 9.95. The largest absolute Gasteiger partial charge is 0.120 e. The molecule has 0 aliphatic heterocycles. The van der Waals surface area contributed by atoms with Crippen LogP contribution in [0.25, 0.3) is 0 Å². The summed E-state index contributed by atoms with van der Waals surface area (Å²) in [5, 5.41) is 0. The Balaban J connectivity index is 1.97. The zero-order chi connectivity index (χ0) is 20.0. The van der Waals surface area contributed by atoms with Crippen molar-refractivity contribution in [3.8, 4) is 0 Å². The molecule has 156 valence electrons. The van der Waals surface area contributed by atoms with Crippen molar-refractivity contribution in [2.45, 2.75) is 121 Å². The third-order valence-electron chi connectivity index (χ3n) is 5.59. The molecule has 0 heterocycles. The second-order valence-corrected chi connectivity index (χ2v) is 11.4. The normalized spacial score (nSPS) is 13.3. The number of rotatable bonds is 16. The van der Waals surface area contributed by atoms with Crippen molar-refractivity contribution in [1.29, 1.82) is 0 Å². The Labute approximate surface area is 175 Å². The van der Waals surface area contributed by atoms with Crippen LogP contribution in [-0.4, -0.2) is 4.75 Å². The Kier molecular flexibility index (Phi) is 13.3. The summed E-state index contributed by atoms with van der Waals surface area (Å²) in [4.78, 5) is 1.40. The van der Waals surface area contributed by atoms with Crippen molar-refractivity contribution < 1.29 is 0 Å². The molecule has 0 nitrogen and oxygen atoms in total. The van der Waals surface area contributed by atoms with Crippen LogP contribution in [0.3, 0.4) is 0 Å². The summed E-state index contributed by atoms with van der Waals surface area (Å²) in [5.74, 6) is 1.81. The van der Waals surface area contributed by atoms with Crippen molar-refractivity contribution in [3.63, 3.8) is 0 Å². The topological polar surface area (TPSA) is 0 Å². The minimum atomic E-state index is 0.350. The molecular formula is C26H46S. The first kappa shape index (κ1) is 24.6. The van der Waals surface area contributed by atoms with Crippen LogP contribution in [0.4, 0.5) is 0 Å². The molecule has 0 aliphatic carbocycles. The Hall–Kier alpha value is -0.430. The maximum atomic E-state index is 2.47. The average molecular weight is 391 g/mol. The first-order valence-corrected chi connectivity index (χ1v) is 12.4. The average Bonchev–Trinajstić information content (AvgIpc) is 2.60. The second-order valence-electron chi connectivity index (χ2n) is 9.62. The van der Waals surface area contributed by atoms with Crippen LogP contribution in [0.5, 0.6) is 0 Å². The molecule has 0 aliphatic rings. The van der Waals surface area contributed by atoms with Gasteiger partial charge in [-0.3, -0.25) is 0 Å². The minimum absolute atomic E-state index is 0.350. The summed E-state index contributed by atoms with van der Waals surface area (Å²) in [6.07, 6.45) is 17.0. The molecule has 0 aromatic heterocycles. The van der Waals surface area contributed by atoms with Crippen LogP contribution in [0.2, 0.25) is 0 Å². The van der Waals surface area contributed by atoms with E-state index in [1.165, 1.54) is 81.9 Å². The third-order valence-corrected chi connectivity index (χ3v) is 6.86. The summed E-state index contributed by atoms with van der Waals surface area (Å²) >= 11 is 2.03. The standard InChI is InChI=1S/C26H46S/c1-23(2)17-11-7-6-8-12-18-24(3)19-13-10-16-22-26(4,5)27-25-20-14-9-15-21-25/h9,14-15,20-21,23-24H,6-8,10-13,16-19,22H2,1-5H3. The SMILES string of the molecule is CC(C)CCCCCCCC(C)CCCCCC(C)(C)Sc1ccccc1. The zero-order valence-corrected chi connectivity index (χ0v) is 19.8. The van der Waals surface area contributed by atoms with E-state index in [1.54, 1.807) is 0 Å². The highest BCUT2D eigenvalue weighted by Crippen LogP contribution is 2.36. The molecule has 1 atom stereocenters. The van der Waals surface area contributed by atoms with Gasteiger partial charge in [0.25, 0.3) is 0 Å². The quantitative estimate of drug-likeness (QED) is 0.200. The maximum Gasteiger partial charge on any atom is 0.0150 e. The van der Waals surface area contributed by atoms with Crippen LogP contribution in [-0.2, 0) is 0 Å². The molecule has 0 fully saturated rings. The molecule has 1 aromatic carbocycles. The Morgan fingerprint density at radius 3 is 1.81 bits per heavy atom. The van der Waals surface area contributed by atoms with Crippen molar-refractivity contribution in [3.05, 3.63) is 30.3 Å². The molecule has 0 bridgehead atoms. The van der Waals surface area contributed by atoms with E-state index in [0.717, 1.165) is 11.8 Å². The highest BCUT2D eigenvalue weighted by molar-refractivity contribution is 8.00. The fourth-order valence-corrected chi connectivity index (χ4v) is 4.98. The van der Waals surface area contributed by atoms with Gasteiger partial charge in [0.05, 0.1) is 0 Å². The summed E-state index contributed by atoms with van der Waals surface area (Å²) in [7, 11) is 0. The highest BCUT2D eigenvalue weighted by atomic mass is 32.2.